The molecule has 0 fully saturated rings. The highest BCUT2D eigenvalue weighted by Crippen LogP contribution is 2.20. The summed E-state index contributed by atoms with van der Waals surface area (Å²) in [5, 5.41) is 2.97. The molecule has 0 aliphatic rings. The molecule has 0 spiro atoms. The fourth-order valence-corrected chi connectivity index (χ4v) is 3.77. The minimum atomic E-state index is -0.0246. The molecule has 1 amide bonds. The molecule has 0 atom stereocenters. The fraction of sp³-hybridized carbons (Fsp3) is 0.148. The molecule has 6 heteroatoms. The van der Waals surface area contributed by atoms with Gasteiger partial charge in [-0.15, -0.1) is 0 Å². The lowest BCUT2D eigenvalue weighted by Crippen LogP contribution is -2.23. The van der Waals surface area contributed by atoms with Crippen molar-refractivity contribution < 1.29 is 9.21 Å². The van der Waals surface area contributed by atoms with E-state index in [0.717, 1.165) is 34.5 Å². The van der Waals surface area contributed by atoms with Crippen LogP contribution in [0.2, 0.25) is 0 Å². The number of para-hydroxylation sites is 2. The zero-order valence-electron chi connectivity index (χ0n) is 18.1. The first-order valence-electron chi connectivity index (χ1n) is 11.0. The number of aromatic nitrogens is 3. The number of imidazole rings is 1. The van der Waals surface area contributed by atoms with Gasteiger partial charge in [0.1, 0.15) is 0 Å². The standard InChI is InChI=1S/C27H24N4O2/c32-26(14-15-27-29-17-25(33-27)22-6-2-1-3-7-22)28-16-20-10-12-21(13-11-20)18-31-19-30-23-8-4-5-9-24(23)31/h1-13,17,19H,14-16,18H2,(H,28,32). The molecule has 0 aliphatic heterocycles. The number of rotatable bonds is 8. The van der Waals surface area contributed by atoms with Gasteiger partial charge in [-0.25, -0.2) is 9.97 Å². The van der Waals surface area contributed by atoms with Crippen LogP contribution in [0, 0.1) is 0 Å². The van der Waals surface area contributed by atoms with Crippen LogP contribution in [0.4, 0.5) is 0 Å². The molecule has 2 aromatic heterocycles. The molecule has 33 heavy (non-hydrogen) atoms. The smallest absolute Gasteiger partial charge is 0.220 e. The van der Waals surface area contributed by atoms with E-state index in [1.807, 2.05) is 54.9 Å². The molecular formula is C27H24N4O2. The second-order valence-corrected chi connectivity index (χ2v) is 7.94. The van der Waals surface area contributed by atoms with E-state index in [1.165, 1.54) is 5.56 Å². The first-order valence-corrected chi connectivity index (χ1v) is 11.0. The maximum atomic E-state index is 12.3. The molecule has 0 saturated carbocycles. The van der Waals surface area contributed by atoms with Crippen molar-refractivity contribution >= 4 is 16.9 Å². The molecule has 1 N–H and O–H groups in total. The van der Waals surface area contributed by atoms with Crippen LogP contribution in [-0.4, -0.2) is 20.4 Å². The van der Waals surface area contributed by atoms with Gasteiger partial charge in [0.05, 0.1) is 23.6 Å². The van der Waals surface area contributed by atoms with Crippen LogP contribution in [0.5, 0.6) is 0 Å². The lowest BCUT2D eigenvalue weighted by Gasteiger charge is -2.08. The van der Waals surface area contributed by atoms with E-state index in [0.29, 0.717) is 25.3 Å². The predicted octanol–water partition coefficient (Wildman–Crippen LogP) is 4.99. The van der Waals surface area contributed by atoms with E-state index in [9.17, 15) is 4.79 Å². The lowest BCUT2D eigenvalue weighted by molar-refractivity contribution is -0.121. The third kappa shape index (κ3) is 5.01. The Kier molecular flexibility index (Phi) is 5.97. The van der Waals surface area contributed by atoms with Crippen molar-refractivity contribution in [3.8, 4) is 11.3 Å². The Bertz CT molecular complexity index is 1350. The molecule has 0 radical (unpaired) electrons. The van der Waals surface area contributed by atoms with Crippen LogP contribution in [0.15, 0.2) is 95.8 Å². The van der Waals surface area contributed by atoms with Gasteiger partial charge in [-0.3, -0.25) is 4.79 Å². The van der Waals surface area contributed by atoms with Crippen LogP contribution in [-0.2, 0) is 24.3 Å². The summed E-state index contributed by atoms with van der Waals surface area (Å²) in [4.78, 5) is 21.0. The van der Waals surface area contributed by atoms with Gasteiger partial charge in [0, 0.05) is 31.5 Å². The zero-order valence-corrected chi connectivity index (χ0v) is 18.1. The maximum absolute atomic E-state index is 12.3. The number of aryl methyl sites for hydroxylation is 1. The Morgan fingerprint density at radius 1 is 0.879 bits per heavy atom. The number of oxazole rings is 1. The maximum Gasteiger partial charge on any atom is 0.220 e. The Morgan fingerprint density at radius 2 is 1.64 bits per heavy atom. The van der Waals surface area contributed by atoms with Gasteiger partial charge < -0.3 is 14.3 Å². The minimum absolute atomic E-state index is 0.0246. The number of carbonyl (C=O) groups is 1. The van der Waals surface area contributed by atoms with Crippen molar-refractivity contribution in [2.45, 2.75) is 25.9 Å². The average Bonchev–Trinajstić information content (AvgIpc) is 3.50. The quantitative estimate of drug-likeness (QED) is 0.372. The van der Waals surface area contributed by atoms with Gasteiger partial charge in [-0.1, -0.05) is 66.7 Å². The summed E-state index contributed by atoms with van der Waals surface area (Å²) >= 11 is 0. The molecule has 0 bridgehead atoms. The van der Waals surface area contributed by atoms with Crippen molar-refractivity contribution in [1.82, 2.24) is 19.9 Å². The summed E-state index contributed by atoms with van der Waals surface area (Å²) in [5.74, 6) is 1.26. The van der Waals surface area contributed by atoms with Crippen LogP contribution in [0.25, 0.3) is 22.4 Å². The summed E-state index contributed by atoms with van der Waals surface area (Å²) < 4.78 is 7.91. The van der Waals surface area contributed by atoms with Crippen molar-refractivity contribution in [2.75, 3.05) is 0 Å². The van der Waals surface area contributed by atoms with E-state index < -0.39 is 0 Å². The third-order valence-corrected chi connectivity index (χ3v) is 5.57. The first kappa shape index (κ1) is 20.7. The van der Waals surface area contributed by atoms with Gasteiger partial charge in [0.2, 0.25) is 5.91 Å². The number of amides is 1. The monoisotopic (exact) mass is 436 g/mol. The number of nitrogens with one attached hydrogen (secondary N) is 1. The second-order valence-electron chi connectivity index (χ2n) is 7.94. The largest absolute Gasteiger partial charge is 0.441 e. The second kappa shape index (κ2) is 9.53. The topological polar surface area (TPSA) is 73.0 Å². The number of hydrogen-bond donors (Lipinski definition) is 1. The first-order chi connectivity index (χ1) is 16.2. The van der Waals surface area contributed by atoms with Crippen LogP contribution >= 0.6 is 0 Å². The highest BCUT2D eigenvalue weighted by molar-refractivity contribution is 5.76. The molecule has 5 rings (SSSR count). The van der Waals surface area contributed by atoms with E-state index >= 15 is 0 Å². The van der Waals surface area contributed by atoms with Crippen LogP contribution < -0.4 is 5.32 Å². The van der Waals surface area contributed by atoms with Gasteiger partial charge in [0.15, 0.2) is 11.7 Å². The molecule has 164 valence electrons. The highest BCUT2D eigenvalue weighted by atomic mass is 16.4. The molecule has 2 heterocycles. The Balaban J connectivity index is 1.10. The summed E-state index contributed by atoms with van der Waals surface area (Å²) in [7, 11) is 0. The number of benzene rings is 3. The van der Waals surface area contributed by atoms with Crippen molar-refractivity contribution in [1.29, 1.82) is 0 Å². The Morgan fingerprint density at radius 3 is 2.48 bits per heavy atom. The summed E-state index contributed by atoms with van der Waals surface area (Å²) in [6, 6.07) is 26.2. The lowest BCUT2D eigenvalue weighted by atomic mass is 10.1. The molecule has 0 saturated heterocycles. The number of nitrogens with zero attached hydrogens (tertiary/aromatic N) is 3. The van der Waals surface area contributed by atoms with E-state index in [4.69, 9.17) is 4.42 Å². The molecule has 0 aliphatic carbocycles. The van der Waals surface area contributed by atoms with Gasteiger partial charge in [-0.05, 0) is 23.3 Å². The van der Waals surface area contributed by atoms with Crippen molar-refractivity contribution in [3.05, 3.63) is 108 Å². The Labute approximate surface area is 191 Å². The molecular weight excluding hydrogens is 412 g/mol. The zero-order chi connectivity index (χ0) is 22.5. The summed E-state index contributed by atoms with van der Waals surface area (Å²) in [6.07, 6.45) is 4.38. The van der Waals surface area contributed by atoms with Gasteiger partial charge >= 0.3 is 0 Å². The van der Waals surface area contributed by atoms with Crippen LogP contribution in [0.1, 0.15) is 23.4 Å². The van der Waals surface area contributed by atoms with E-state index in [2.05, 4.69) is 50.2 Å². The van der Waals surface area contributed by atoms with Crippen molar-refractivity contribution in [2.24, 2.45) is 0 Å². The van der Waals surface area contributed by atoms with Gasteiger partial charge in [-0.2, -0.15) is 0 Å². The number of fused-ring (bicyclic) bond motifs is 1. The molecule has 6 nitrogen and oxygen atoms in total. The van der Waals surface area contributed by atoms with Gasteiger partial charge in [0.25, 0.3) is 0 Å². The molecule has 0 unspecified atom stereocenters. The summed E-state index contributed by atoms with van der Waals surface area (Å²) in [6.45, 7) is 1.25. The minimum Gasteiger partial charge on any atom is -0.441 e. The average molecular weight is 437 g/mol. The highest BCUT2D eigenvalue weighted by Gasteiger charge is 2.09. The third-order valence-electron chi connectivity index (χ3n) is 5.57. The molecule has 3 aromatic carbocycles. The van der Waals surface area contributed by atoms with E-state index in [1.54, 1.807) is 6.20 Å². The normalized spacial score (nSPS) is 11.0. The summed E-state index contributed by atoms with van der Waals surface area (Å²) in [5.41, 5.74) is 5.34. The SMILES string of the molecule is O=C(CCc1ncc(-c2ccccc2)o1)NCc1ccc(Cn2cnc3ccccc32)cc1. The number of hydrogen-bond acceptors (Lipinski definition) is 4. The fourth-order valence-electron chi connectivity index (χ4n) is 3.77. The molecule has 5 aromatic rings. The Hall–Kier alpha value is -4.19. The van der Waals surface area contributed by atoms with E-state index in [-0.39, 0.29) is 5.91 Å². The van der Waals surface area contributed by atoms with Crippen LogP contribution in [0.3, 0.4) is 0 Å². The number of carbonyl (C=O) groups excluding carboxylic acids is 1. The predicted molar refractivity (Wildman–Crippen MR) is 127 cm³/mol. The van der Waals surface area contributed by atoms with Crippen molar-refractivity contribution in [3.63, 3.8) is 0 Å².